The van der Waals surface area contributed by atoms with Gasteiger partial charge in [-0.25, -0.2) is 8.42 Å². The van der Waals surface area contributed by atoms with Crippen LogP contribution in [-0.2, 0) is 14.8 Å². The number of likely N-dealkylation sites (N-methyl/N-ethyl adjacent to an activating group) is 1. The molecule has 1 amide bonds. The quantitative estimate of drug-likeness (QED) is 0.785. The standard InChI is InChI=1S/C19H26N2O3S/c1-4-21(14-19(22)20-12-11-15(2)3)25(23,24)18-10-9-16-7-5-6-8-17(16)13-18/h5-10,13,15H,4,11-12,14H2,1-3H3,(H,20,22). The highest BCUT2D eigenvalue weighted by Crippen LogP contribution is 2.21. The van der Waals surface area contributed by atoms with Gasteiger partial charge in [-0.15, -0.1) is 0 Å². The van der Waals surface area contributed by atoms with E-state index in [2.05, 4.69) is 19.2 Å². The van der Waals surface area contributed by atoms with Crippen LogP contribution in [0, 0.1) is 5.92 Å². The minimum absolute atomic E-state index is 0.163. The van der Waals surface area contributed by atoms with Crippen molar-refractivity contribution in [1.29, 1.82) is 0 Å². The summed E-state index contributed by atoms with van der Waals surface area (Å²) in [4.78, 5) is 12.3. The summed E-state index contributed by atoms with van der Waals surface area (Å²) in [5.74, 6) is 0.218. The molecule has 0 bridgehead atoms. The minimum Gasteiger partial charge on any atom is -0.355 e. The molecule has 2 aromatic carbocycles. The van der Waals surface area contributed by atoms with Crippen LogP contribution in [0.25, 0.3) is 10.8 Å². The second-order valence-electron chi connectivity index (χ2n) is 6.47. The van der Waals surface area contributed by atoms with E-state index in [1.165, 1.54) is 4.31 Å². The van der Waals surface area contributed by atoms with E-state index in [-0.39, 0.29) is 23.9 Å². The maximum absolute atomic E-state index is 12.9. The van der Waals surface area contributed by atoms with Crippen LogP contribution in [-0.4, -0.2) is 38.3 Å². The predicted octanol–water partition coefficient (Wildman–Crippen LogP) is 3.01. The SMILES string of the molecule is CCN(CC(=O)NCCC(C)C)S(=O)(=O)c1ccc2ccccc2c1. The molecule has 6 heteroatoms. The lowest BCUT2D eigenvalue weighted by atomic mass is 10.1. The van der Waals surface area contributed by atoms with Crippen molar-refractivity contribution in [3.8, 4) is 0 Å². The predicted molar refractivity (Wildman–Crippen MR) is 101 cm³/mol. The van der Waals surface area contributed by atoms with Crippen LogP contribution >= 0.6 is 0 Å². The van der Waals surface area contributed by atoms with Crippen molar-refractivity contribution in [2.75, 3.05) is 19.6 Å². The summed E-state index contributed by atoms with van der Waals surface area (Å²) in [5, 5.41) is 4.63. The van der Waals surface area contributed by atoms with E-state index in [0.29, 0.717) is 12.5 Å². The van der Waals surface area contributed by atoms with Gasteiger partial charge in [-0.05, 0) is 35.2 Å². The molecule has 25 heavy (non-hydrogen) atoms. The summed E-state index contributed by atoms with van der Waals surface area (Å²) in [6, 6.07) is 12.6. The van der Waals surface area contributed by atoms with Crippen LogP contribution < -0.4 is 5.32 Å². The second-order valence-corrected chi connectivity index (χ2v) is 8.41. The van der Waals surface area contributed by atoms with Gasteiger partial charge < -0.3 is 5.32 Å². The molecule has 1 N–H and O–H groups in total. The van der Waals surface area contributed by atoms with E-state index in [0.717, 1.165) is 17.2 Å². The highest BCUT2D eigenvalue weighted by molar-refractivity contribution is 7.89. The third kappa shape index (κ3) is 5.03. The van der Waals surface area contributed by atoms with E-state index in [1.807, 2.05) is 24.3 Å². The molecular formula is C19H26N2O3S. The highest BCUT2D eigenvalue weighted by Gasteiger charge is 2.25. The van der Waals surface area contributed by atoms with E-state index < -0.39 is 10.0 Å². The molecule has 0 fully saturated rings. The number of carbonyl (C=O) groups excluding carboxylic acids is 1. The molecule has 0 aliphatic heterocycles. The number of fused-ring (bicyclic) bond motifs is 1. The third-order valence-corrected chi connectivity index (χ3v) is 5.99. The van der Waals surface area contributed by atoms with E-state index in [1.54, 1.807) is 25.1 Å². The summed E-state index contributed by atoms with van der Waals surface area (Å²) in [6.45, 7) is 6.53. The first-order chi connectivity index (χ1) is 11.8. The lowest BCUT2D eigenvalue weighted by Gasteiger charge is -2.20. The average molecular weight is 362 g/mol. The summed E-state index contributed by atoms with van der Waals surface area (Å²) < 4.78 is 27.0. The zero-order valence-corrected chi connectivity index (χ0v) is 15.8. The van der Waals surface area contributed by atoms with Crippen molar-refractivity contribution in [2.45, 2.75) is 32.1 Å². The first kappa shape index (κ1) is 19.4. The average Bonchev–Trinajstić information content (AvgIpc) is 2.58. The minimum atomic E-state index is -3.71. The summed E-state index contributed by atoms with van der Waals surface area (Å²) in [5.41, 5.74) is 0. The molecule has 0 saturated carbocycles. The van der Waals surface area contributed by atoms with Crippen molar-refractivity contribution in [1.82, 2.24) is 9.62 Å². The molecule has 0 aliphatic carbocycles. The van der Waals surface area contributed by atoms with Gasteiger partial charge in [-0.3, -0.25) is 4.79 Å². The van der Waals surface area contributed by atoms with Crippen molar-refractivity contribution < 1.29 is 13.2 Å². The fourth-order valence-corrected chi connectivity index (χ4v) is 4.00. The van der Waals surface area contributed by atoms with Crippen LogP contribution in [0.5, 0.6) is 0 Å². The van der Waals surface area contributed by atoms with Crippen molar-refractivity contribution >= 4 is 26.7 Å². The van der Waals surface area contributed by atoms with Gasteiger partial charge in [0.1, 0.15) is 0 Å². The third-order valence-electron chi connectivity index (χ3n) is 4.08. The van der Waals surface area contributed by atoms with Gasteiger partial charge in [-0.2, -0.15) is 4.31 Å². The van der Waals surface area contributed by atoms with E-state index in [9.17, 15) is 13.2 Å². The van der Waals surface area contributed by atoms with Gasteiger partial charge in [-0.1, -0.05) is 51.1 Å². The number of hydrogen-bond donors (Lipinski definition) is 1. The Morgan fingerprint density at radius 1 is 1.12 bits per heavy atom. The van der Waals surface area contributed by atoms with Gasteiger partial charge in [0.05, 0.1) is 11.4 Å². The molecule has 0 spiro atoms. The van der Waals surface area contributed by atoms with Crippen molar-refractivity contribution in [3.05, 3.63) is 42.5 Å². The lowest BCUT2D eigenvalue weighted by molar-refractivity contribution is -0.121. The number of sulfonamides is 1. The Labute approximate surface area is 150 Å². The molecule has 0 aliphatic rings. The maximum Gasteiger partial charge on any atom is 0.243 e. The number of hydrogen-bond acceptors (Lipinski definition) is 3. The molecular weight excluding hydrogens is 336 g/mol. The van der Waals surface area contributed by atoms with Gasteiger partial charge in [0.2, 0.25) is 15.9 Å². The summed E-state index contributed by atoms with van der Waals surface area (Å²) in [6.07, 6.45) is 0.870. The largest absolute Gasteiger partial charge is 0.355 e. The molecule has 0 heterocycles. The van der Waals surface area contributed by atoms with Crippen molar-refractivity contribution in [3.63, 3.8) is 0 Å². The summed E-state index contributed by atoms with van der Waals surface area (Å²) in [7, 11) is -3.71. The molecule has 5 nitrogen and oxygen atoms in total. The topological polar surface area (TPSA) is 66.5 Å². The number of benzene rings is 2. The molecule has 0 aromatic heterocycles. The van der Waals surface area contributed by atoms with Gasteiger partial charge in [0.25, 0.3) is 0 Å². The molecule has 0 atom stereocenters. The number of nitrogens with zero attached hydrogens (tertiary/aromatic N) is 1. The van der Waals surface area contributed by atoms with Gasteiger partial charge in [0, 0.05) is 13.1 Å². The first-order valence-electron chi connectivity index (χ1n) is 8.60. The Bertz CT molecular complexity index is 831. The van der Waals surface area contributed by atoms with Gasteiger partial charge >= 0.3 is 0 Å². The number of amides is 1. The van der Waals surface area contributed by atoms with Crippen LogP contribution in [0.4, 0.5) is 0 Å². The first-order valence-corrected chi connectivity index (χ1v) is 10.0. The Morgan fingerprint density at radius 2 is 1.80 bits per heavy atom. The maximum atomic E-state index is 12.9. The zero-order chi connectivity index (χ0) is 18.4. The molecule has 136 valence electrons. The lowest BCUT2D eigenvalue weighted by Crippen LogP contribution is -2.41. The van der Waals surface area contributed by atoms with E-state index >= 15 is 0 Å². The Balaban J connectivity index is 2.15. The number of carbonyl (C=O) groups is 1. The second kappa shape index (κ2) is 8.45. The zero-order valence-electron chi connectivity index (χ0n) is 15.0. The van der Waals surface area contributed by atoms with Gasteiger partial charge in [0.15, 0.2) is 0 Å². The Morgan fingerprint density at radius 3 is 2.44 bits per heavy atom. The molecule has 2 rings (SSSR count). The number of rotatable bonds is 8. The summed E-state index contributed by atoms with van der Waals surface area (Å²) >= 11 is 0. The van der Waals surface area contributed by atoms with E-state index in [4.69, 9.17) is 0 Å². The molecule has 0 unspecified atom stereocenters. The fraction of sp³-hybridized carbons (Fsp3) is 0.421. The smallest absolute Gasteiger partial charge is 0.243 e. The Kier molecular flexibility index (Phi) is 6.56. The molecule has 0 saturated heterocycles. The Hall–Kier alpha value is -1.92. The van der Waals surface area contributed by atoms with Crippen LogP contribution in [0.2, 0.25) is 0 Å². The van der Waals surface area contributed by atoms with Crippen LogP contribution in [0.3, 0.4) is 0 Å². The fourth-order valence-electron chi connectivity index (χ4n) is 2.56. The molecule has 2 aromatic rings. The number of nitrogens with one attached hydrogen (secondary N) is 1. The van der Waals surface area contributed by atoms with Crippen LogP contribution in [0.1, 0.15) is 27.2 Å². The molecule has 0 radical (unpaired) electrons. The monoisotopic (exact) mass is 362 g/mol. The van der Waals surface area contributed by atoms with Crippen molar-refractivity contribution in [2.24, 2.45) is 5.92 Å². The normalized spacial score (nSPS) is 12.0. The van der Waals surface area contributed by atoms with Crippen LogP contribution in [0.15, 0.2) is 47.4 Å². The highest BCUT2D eigenvalue weighted by atomic mass is 32.2.